The van der Waals surface area contributed by atoms with Crippen LogP contribution in [0.25, 0.3) is 0 Å². The average molecular weight is 386 g/mol. The maximum atomic E-state index is 13.1. The van der Waals surface area contributed by atoms with Crippen LogP contribution in [-0.4, -0.2) is 40.2 Å². The minimum absolute atomic E-state index is 0.0788. The maximum Gasteiger partial charge on any atom is 0.325 e. The topological polar surface area (TPSA) is 107 Å². The van der Waals surface area contributed by atoms with Crippen LogP contribution >= 0.6 is 0 Å². The molecule has 1 fully saturated rings. The molecule has 9 heteroatoms. The van der Waals surface area contributed by atoms with E-state index in [-0.39, 0.29) is 18.4 Å². The molecule has 0 spiro atoms. The Balaban J connectivity index is 1.59. The van der Waals surface area contributed by atoms with Gasteiger partial charge in [-0.25, -0.2) is 4.79 Å². The summed E-state index contributed by atoms with van der Waals surface area (Å²) in [5.74, 6) is 1.65. The van der Waals surface area contributed by atoms with Gasteiger partial charge in [0.15, 0.2) is 17.3 Å². The first-order valence-corrected chi connectivity index (χ1v) is 9.25. The van der Waals surface area contributed by atoms with Crippen LogP contribution in [0.4, 0.5) is 4.79 Å². The molecule has 0 radical (unpaired) electrons. The Morgan fingerprint density at radius 3 is 2.68 bits per heavy atom. The van der Waals surface area contributed by atoms with Gasteiger partial charge in [-0.3, -0.25) is 9.69 Å². The molecule has 3 heterocycles. The average Bonchev–Trinajstić information content (AvgIpc) is 3.12. The third kappa shape index (κ3) is 3.06. The minimum Gasteiger partial charge on any atom is -0.490 e. The van der Waals surface area contributed by atoms with Crippen LogP contribution in [0.5, 0.6) is 11.5 Å². The highest BCUT2D eigenvalue weighted by Crippen LogP contribution is 2.37. The van der Waals surface area contributed by atoms with E-state index in [1.165, 1.54) is 0 Å². The van der Waals surface area contributed by atoms with Crippen molar-refractivity contribution in [1.82, 2.24) is 20.4 Å². The molecular weight excluding hydrogens is 364 g/mol. The fraction of sp³-hybridized carbons (Fsp3) is 0.474. The van der Waals surface area contributed by atoms with Gasteiger partial charge in [-0.1, -0.05) is 25.1 Å². The first-order chi connectivity index (χ1) is 13.4. The summed E-state index contributed by atoms with van der Waals surface area (Å²) in [7, 11) is 0. The summed E-state index contributed by atoms with van der Waals surface area (Å²) >= 11 is 0. The molecule has 1 aromatic heterocycles. The van der Waals surface area contributed by atoms with Crippen LogP contribution < -0.4 is 14.8 Å². The fourth-order valence-electron chi connectivity index (χ4n) is 3.21. The van der Waals surface area contributed by atoms with Gasteiger partial charge in [0.05, 0.1) is 13.2 Å². The van der Waals surface area contributed by atoms with Gasteiger partial charge in [0.1, 0.15) is 12.1 Å². The fourth-order valence-corrected chi connectivity index (χ4v) is 3.21. The first-order valence-electron chi connectivity index (χ1n) is 9.25. The molecule has 1 atom stereocenters. The van der Waals surface area contributed by atoms with Crippen LogP contribution in [0.2, 0.25) is 0 Å². The number of carbonyl (C=O) groups is 2. The highest BCUT2D eigenvalue weighted by atomic mass is 16.5. The van der Waals surface area contributed by atoms with Crippen molar-refractivity contribution in [2.75, 3.05) is 13.2 Å². The number of nitrogens with one attached hydrogen (secondary N) is 1. The van der Waals surface area contributed by atoms with Gasteiger partial charge in [0.2, 0.25) is 5.89 Å². The summed E-state index contributed by atoms with van der Waals surface area (Å²) < 4.78 is 16.5. The third-order valence-corrected chi connectivity index (χ3v) is 4.89. The Morgan fingerprint density at radius 2 is 1.96 bits per heavy atom. The van der Waals surface area contributed by atoms with Gasteiger partial charge >= 0.3 is 6.03 Å². The predicted molar refractivity (Wildman–Crippen MR) is 96.9 cm³/mol. The third-order valence-electron chi connectivity index (χ3n) is 4.89. The Hall–Kier alpha value is -3.10. The van der Waals surface area contributed by atoms with Gasteiger partial charge < -0.3 is 19.3 Å². The van der Waals surface area contributed by atoms with Crippen molar-refractivity contribution < 1.29 is 23.6 Å². The largest absolute Gasteiger partial charge is 0.490 e. The lowest BCUT2D eigenvalue weighted by atomic mass is 9.91. The number of imide groups is 1. The van der Waals surface area contributed by atoms with Gasteiger partial charge in [-0.2, -0.15) is 4.98 Å². The maximum absolute atomic E-state index is 13.1. The van der Waals surface area contributed by atoms with Gasteiger partial charge in [0, 0.05) is 12.3 Å². The van der Waals surface area contributed by atoms with E-state index in [9.17, 15) is 9.59 Å². The number of aromatic nitrogens is 2. The zero-order valence-corrected chi connectivity index (χ0v) is 16.0. The number of urea groups is 1. The summed E-state index contributed by atoms with van der Waals surface area (Å²) in [4.78, 5) is 30.9. The molecule has 1 unspecified atom stereocenters. The SMILES string of the molecule is CC(C)c1noc(CN2C(=O)NC(C)(c3ccc4c(c3)OCCCO4)C2=O)n1. The molecule has 28 heavy (non-hydrogen) atoms. The van der Waals surface area contributed by atoms with Crippen molar-refractivity contribution in [3.05, 3.63) is 35.5 Å². The van der Waals surface area contributed by atoms with E-state index < -0.39 is 17.5 Å². The zero-order valence-electron chi connectivity index (χ0n) is 16.0. The summed E-state index contributed by atoms with van der Waals surface area (Å²) in [6.07, 6.45) is 0.785. The number of rotatable bonds is 4. The highest BCUT2D eigenvalue weighted by Gasteiger charge is 2.49. The van der Waals surface area contributed by atoms with Crippen molar-refractivity contribution in [2.24, 2.45) is 0 Å². The molecule has 2 aliphatic rings. The summed E-state index contributed by atoms with van der Waals surface area (Å²) in [5.41, 5.74) is -0.603. The second-order valence-electron chi connectivity index (χ2n) is 7.36. The van der Waals surface area contributed by atoms with E-state index >= 15 is 0 Å². The number of hydrogen-bond donors (Lipinski definition) is 1. The Morgan fingerprint density at radius 1 is 1.21 bits per heavy atom. The number of amides is 3. The van der Waals surface area contributed by atoms with Crippen molar-refractivity contribution in [3.63, 3.8) is 0 Å². The zero-order chi connectivity index (χ0) is 19.9. The van der Waals surface area contributed by atoms with Crippen LogP contribution in [0.1, 0.15) is 50.4 Å². The monoisotopic (exact) mass is 386 g/mol. The first kappa shape index (κ1) is 18.3. The van der Waals surface area contributed by atoms with Gasteiger partial charge in [-0.15, -0.1) is 0 Å². The molecule has 148 valence electrons. The van der Waals surface area contributed by atoms with Crippen LogP contribution in [0.15, 0.2) is 22.7 Å². The number of nitrogens with zero attached hydrogens (tertiary/aromatic N) is 3. The normalized spacial score (nSPS) is 21.8. The Labute approximate surface area is 162 Å². The lowest BCUT2D eigenvalue weighted by molar-refractivity contribution is -0.131. The second kappa shape index (κ2) is 6.81. The Bertz CT molecular complexity index is 925. The van der Waals surface area contributed by atoms with E-state index in [1.807, 2.05) is 13.8 Å². The predicted octanol–water partition coefficient (Wildman–Crippen LogP) is 2.32. The molecule has 0 saturated carbocycles. The van der Waals surface area contributed by atoms with Crippen molar-refractivity contribution >= 4 is 11.9 Å². The summed E-state index contributed by atoms with van der Waals surface area (Å²) in [6, 6.07) is 4.75. The molecule has 2 aromatic rings. The molecule has 2 aliphatic heterocycles. The van der Waals surface area contributed by atoms with E-state index in [0.29, 0.717) is 36.1 Å². The minimum atomic E-state index is -1.22. The molecule has 9 nitrogen and oxygen atoms in total. The summed E-state index contributed by atoms with van der Waals surface area (Å²) in [6.45, 7) is 6.57. The number of ether oxygens (including phenoxy) is 2. The second-order valence-corrected chi connectivity index (χ2v) is 7.36. The molecule has 1 aromatic carbocycles. The van der Waals surface area contributed by atoms with Crippen molar-refractivity contribution in [3.8, 4) is 11.5 Å². The molecule has 1 N–H and O–H groups in total. The lowest BCUT2D eigenvalue weighted by Gasteiger charge is -2.23. The number of carbonyl (C=O) groups excluding carboxylic acids is 2. The summed E-state index contributed by atoms with van der Waals surface area (Å²) in [5, 5.41) is 6.64. The Kier molecular flexibility index (Phi) is 4.44. The quantitative estimate of drug-likeness (QED) is 0.804. The molecule has 0 bridgehead atoms. The van der Waals surface area contributed by atoms with E-state index in [2.05, 4.69) is 15.5 Å². The van der Waals surface area contributed by atoms with E-state index in [0.717, 1.165) is 11.3 Å². The van der Waals surface area contributed by atoms with Gasteiger partial charge in [-0.05, 0) is 24.6 Å². The molecule has 3 amide bonds. The highest BCUT2D eigenvalue weighted by molar-refractivity contribution is 6.07. The van der Waals surface area contributed by atoms with Crippen molar-refractivity contribution in [2.45, 2.75) is 45.2 Å². The number of benzene rings is 1. The smallest absolute Gasteiger partial charge is 0.325 e. The number of fused-ring (bicyclic) bond motifs is 1. The molecular formula is C19H22N4O5. The van der Waals surface area contributed by atoms with E-state index in [4.69, 9.17) is 14.0 Å². The van der Waals surface area contributed by atoms with E-state index in [1.54, 1.807) is 25.1 Å². The van der Waals surface area contributed by atoms with Crippen LogP contribution in [0.3, 0.4) is 0 Å². The standard InChI is InChI=1S/C19H22N4O5/c1-11(2)16-20-15(28-22-16)10-23-17(24)19(3,21-18(23)25)12-5-6-13-14(9-12)27-8-4-7-26-13/h5-6,9,11H,4,7-8,10H2,1-3H3,(H,21,25). The van der Waals surface area contributed by atoms with Gasteiger partial charge in [0.25, 0.3) is 5.91 Å². The molecule has 0 aliphatic carbocycles. The molecule has 1 saturated heterocycles. The van der Waals surface area contributed by atoms with Crippen LogP contribution in [-0.2, 0) is 16.9 Å². The lowest BCUT2D eigenvalue weighted by Crippen LogP contribution is -2.40. The van der Waals surface area contributed by atoms with Crippen molar-refractivity contribution in [1.29, 1.82) is 0 Å². The molecule has 4 rings (SSSR count). The number of hydrogen-bond acceptors (Lipinski definition) is 7. The van der Waals surface area contributed by atoms with Crippen LogP contribution in [0, 0.1) is 0 Å².